The largest absolute Gasteiger partial charge is 0.458 e. The maximum Gasteiger partial charge on any atom is 0.336 e. The van der Waals surface area contributed by atoms with Gasteiger partial charge < -0.3 is 14.8 Å². The lowest BCUT2D eigenvalue weighted by molar-refractivity contribution is -0.152. The van der Waals surface area contributed by atoms with Crippen LogP contribution in [0.5, 0.6) is 0 Å². The third-order valence-electron chi connectivity index (χ3n) is 3.78. The molecular formula is C17H17NO4. The quantitative estimate of drug-likeness (QED) is 0.529. The van der Waals surface area contributed by atoms with Gasteiger partial charge in [0.05, 0.1) is 17.9 Å². The Morgan fingerprint density at radius 3 is 2.68 bits per heavy atom. The van der Waals surface area contributed by atoms with Crippen LogP contribution in [0.1, 0.15) is 31.4 Å². The summed E-state index contributed by atoms with van der Waals surface area (Å²) < 4.78 is 10.3. The molecule has 0 aliphatic carbocycles. The van der Waals surface area contributed by atoms with Gasteiger partial charge in [-0.2, -0.15) is 0 Å². The second-order valence-corrected chi connectivity index (χ2v) is 5.38. The number of rotatable bonds is 3. The Bertz CT molecular complexity index is 648. The minimum Gasteiger partial charge on any atom is -0.458 e. The fourth-order valence-corrected chi connectivity index (χ4v) is 2.51. The van der Waals surface area contributed by atoms with Gasteiger partial charge in [0.1, 0.15) is 0 Å². The van der Waals surface area contributed by atoms with E-state index in [4.69, 9.17) is 9.47 Å². The number of hydrogen-bond acceptors (Lipinski definition) is 4. The van der Waals surface area contributed by atoms with Crippen molar-refractivity contribution < 1.29 is 19.1 Å². The molecule has 1 saturated heterocycles. The van der Waals surface area contributed by atoms with Crippen LogP contribution in [-0.4, -0.2) is 18.2 Å². The number of esters is 1. The first-order valence-corrected chi connectivity index (χ1v) is 7.23. The van der Waals surface area contributed by atoms with Crippen molar-refractivity contribution in [2.75, 3.05) is 0 Å². The van der Waals surface area contributed by atoms with E-state index in [1.807, 2.05) is 30.3 Å². The van der Waals surface area contributed by atoms with Gasteiger partial charge in [-0.05, 0) is 25.3 Å². The SMILES string of the molecule is CC1=CC(O/C=C2\CCC(c3ccccc3)NC2=O)OC1=O. The van der Waals surface area contributed by atoms with Crippen LogP contribution in [0.25, 0.3) is 0 Å². The van der Waals surface area contributed by atoms with Crippen molar-refractivity contribution in [3.8, 4) is 0 Å². The van der Waals surface area contributed by atoms with Gasteiger partial charge in [0.25, 0.3) is 12.2 Å². The van der Waals surface area contributed by atoms with Gasteiger partial charge in [0.2, 0.25) is 0 Å². The summed E-state index contributed by atoms with van der Waals surface area (Å²) in [5.74, 6) is -0.536. The van der Waals surface area contributed by atoms with E-state index in [0.717, 1.165) is 12.0 Å². The summed E-state index contributed by atoms with van der Waals surface area (Å²) in [5.41, 5.74) is 2.17. The molecule has 0 spiro atoms. The molecule has 2 heterocycles. The van der Waals surface area contributed by atoms with Crippen molar-refractivity contribution in [1.29, 1.82) is 0 Å². The molecule has 1 amide bonds. The lowest BCUT2D eigenvalue weighted by Crippen LogP contribution is -2.34. The van der Waals surface area contributed by atoms with E-state index in [0.29, 0.717) is 17.6 Å². The molecule has 114 valence electrons. The normalized spacial score (nSPS) is 26.4. The van der Waals surface area contributed by atoms with Crippen LogP contribution in [0.15, 0.2) is 53.8 Å². The summed E-state index contributed by atoms with van der Waals surface area (Å²) in [5, 5.41) is 2.97. The zero-order valence-electron chi connectivity index (χ0n) is 12.2. The van der Waals surface area contributed by atoms with Crippen LogP contribution < -0.4 is 5.32 Å². The summed E-state index contributed by atoms with van der Waals surface area (Å²) in [7, 11) is 0. The number of carbonyl (C=O) groups excluding carboxylic acids is 2. The molecule has 1 aromatic rings. The molecule has 0 aromatic heterocycles. The molecule has 0 radical (unpaired) electrons. The lowest BCUT2D eigenvalue weighted by atomic mass is 9.95. The van der Waals surface area contributed by atoms with Crippen LogP contribution in [-0.2, 0) is 19.1 Å². The molecule has 5 nitrogen and oxygen atoms in total. The summed E-state index contributed by atoms with van der Waals surface area (Å²) in [4.78, 5) is 23.4. The van der Waals surface area contributed by atoms with Crippen LogP contribution in [0.4, 0.5) is 0 Å². The van der Waals surface area contributed by atoms with Gasteiger partial charge >= 0.3 is 5.97 Å². The molecular weight excluding hydrogens is 282 g/mol. The predicted octanol–water partition coefficient (Wildman–Crippen LogP) is 2.37. The number of hydrogen-bond donors (Lipinski definition) is 1. The predicted molar refractivity (Wildman–Crippen MR) is 79.4 cm³/mol. The van der Waals surface area contributed by atoms with Gasteiger partial charge in [-0.15, -0.1) is 0 Å². The van der Waals surface area contributed by atoms with Crippen LogP contribution >= 0.6 is 0 Å². The molecule has 0 saturated carbocycles. The first-order chi connectivity index (χ1) is 10.6. The topological polar surface area (TPSA) is 64.6 Å². The Hall–Kier alpha value is -2.56. The lowest BCUT2D eigenvalue weighted by Gasteiger charge is -2.25. The number of cyclic esters (lactones) is 1. The number of ether oxygens (including phenoxy) is 2. The zero-order chi connectivity index (χ0) is 15.5. The summed E-state index contributed by atoms with van der Waals surface area (Å²) in [6, 6.07) is 9.89. The van der Waals surface area contributed by atoms with Crippen molar-refractivity contribution in [1.82, 2.24) is 5.32 Å². The van der Waals surface area contributed by atoms with E-state index in [9.17, 15) is 9.59 Å². The highest BCUT2D eigenvalue weighted by molar-refractivity contribution is 5.94. The van der Waals surface area contributed by atoms with E-state index >= 15 is 0 Å². The van der Waals surface area contributed by atoms with Crippen molar-refractivity contribution in [3.05, 3.63) is 59.4 Å². The minimum absolute atomic E-state index is 0.0253. The average molecular weight is 299 g/mol. The second kappa shape index (κ2) is 6.05. The molecule has 5 heteroatoms. The van der Waals surface area contributed by atoms with Crippen LogP contribution in [0.2, 0.25) is 0 Å². The second-order valence-electron chi connectivity index (χ2n) is 5.38. The summed E-state index contributed by atoms with van der Waals surface area (Å²) >= 11 is 0. The highest BCUT2D eigenvalue weighted by atomic mass is 16.7. The highest BCUT2D eigenvalue weighted by Gasteiger charge is 2.26. The van der Waals surface area contributed by atoms with E-state index < -0.39 is 6.29 Å². The Labute approximate surface area is 128 Å². The van der Waals surface area contributed by atoms with Crippen molar-refractivity contribution in [3.63, 3.8) is 0 Å². The summed E-state index contributed by atoms with van der Waals surface area (Å²) in [6.07, 6.45) is 3.68. The fraction of sp³-hybridized carbons (Fsp3) is 0.294. The molecule has 1 aromatic carbocycles. The average Bonchev–Trinajstić information content (AvgIpc) is 2.85. The van der Waals surface area contributed by atoms with E-state index in [1.54, 1.807) is 13.0 Å². The Balaban J connectivity index is 1.60. The number of carbonyl (C=O) groups is 2. The summed E-state index contributed by atoms with van der Waals surface area (Å²) in [6.45, 7) is 1.66. The van der Waals surface area contributed by atoms with E-state index in [2.05, 4.69) is 5.32 Å². The van der Waals surface area contributed by atoms with E-state index in [1.165, 1.54) is 6.26 Å². The minimum atomic E-state index is -0.736. The van der Waals surface area contributed by atoms with Crippen molar-refractivity contribution in [2.45, 2.75) is 32.1 Å². The van der Waals surface area contributed by atoms with Crippen LogP contribution in [0.3, 0.4) is 0 Å². The molecule has 0 bridgehead atoms. The maximum absolute atomic E-state index is 12.1. The van der Waals surface area contributed by atoms with Gasteiger partial charge in [-0.25, -0.2) is 4.79 Å². The molecule has 2 atom stereocenters. The van der Waals surface area contributed by atoms with Gasteiger partial charge in [0, 0.05) is 11.6 Å². The number of benzene rings is 1. The third-order valence-corrected chi connectivity index (χ3v) is 3.78. The smallest absolute Gasteiger partial charge is 0.336 e. The van der Waals surface area contributed by atoms with Gasteiger partial charge in [0.15, 0.2) is 0 Å². The number of amides is 1. The zero-order valence-corrected chi connectivity index (χ0v) is 12.2. The molecule has 22 heavy (non-hydrogen) atoms. The Kier molecular flexibility index (Phi) is 3.96. The van der Waals surface area contributed by atoms with Gasteiger partial charge in [-0.3, -0.25) is 4.79 Å². The first-order valence-electron chi connectivity index (χ1n) is 7.23. The molecule has 2 unspecified atom stereocenters. The number of nitrogens with one attached hydrogen (secondary N) is 1. The molecule has 1 fully saturated rings. The first kappa shape index (κ1) is 14.4. The fourth-order valence-electron chi connectivity index (χ4n) is 2.51. The van der Waals surface area contributed by atoms with Crippen molar-refractivity contribution in [2.24, 2.45) is 0 Å². The molecule has 3 rings (SSSR count). The Morgan fingerprint density at radius 2 is 2.05 bits per heavy atom. The maximum atomic E-state index is 12.1. The highest BCUT2D eigenvalue weighted by Crippen LogP contribution is 2.26. The molecule has 2 aliphatic heterocycles. The number of piperidine rings is 1. The molecule has 2 aliphatic rings. The van der Waals surface area contributed by atoms with E-state index in [-0.39, 0.29) is 17.9 Å². The van der Waals surface area contributed by atoms with Crippen molar-refractivity contribution >= 4 is 11.9 Å². The Morgan fingerprint density at radius 1 is 1.27 bits per heavy atom. The third kappa shape index (κ3) is 3.03. The van der Waals surface area contributed by atoms with Gasteiger partial charge in [-0.1, -0.05) is 30.3 Å². The van der Waals surface area contributed by atoms with Crippen LogP contribution in [0, 0.1) is 0 Å². The molecule has 1 N–H and O–H groups in total. The monoisotopic (exact) mass is 299 g/mol. The standard InChI is InChI=1S/C17H17NO4/c1-11-9-15(22-17(11)20)21-10-13-7-8-14(18-16(13)19)12-5-3-2-4-6-12/h2-6,9-10,14-15H,7-8H2,1H3,(H,18,19)/b13-10+.